The highest BCUT2D eigenvalue weighted by Gasteiger charge is 2.28. The molecular weight excluding hydrogens is 268 g/mol. The molecule has 6 heteroatoms. The van der Waals surface area contributed by atoms with Crippen molar-refractivity contribution in [2.45, 2.75) is 12.8 Å². The van der Waals surface area contributed by atoms with Crippen LogP contribution in [0.15, 0.2) is 18.2 Å². The van der Waals surface area contributed by atoms with Crippen molar-refractivity contribution in [3.8, 4) is 6.07 Å². The summed E-state index contributed by atoms with van der Waals surface area (Å²) in [5.74, 6) is 0.868. The highest BCUT2D eigenvalue weighted by molar-refractivity contribution is 5.66. The quantitative estimate of drug-likeness (QED) is 0.625. The zero-order valence-electron chi connectivity index (χ0n) is 11.9. The van der Waals surface area contributed by atoms with Crippen molar-refractivity contribution in [1.29, 1.82) is 5.26 Å². The van der Waals surface area contributed by atoms with E-state index < -0.39 is 0 Å². The van der Waals surface area contributed by atoms with Crippen LogP contribution >= 0.6 is 0 Å². The lowest BCUT2D eigenvalue weighted by Crippen LogP contribution is -2.47. The molecule has 0 bridgehead atoms. The van der Waals surface area contributed by atoms with Crippen molar-refractivity contribution < 1.29 is 4.92 Å². The van der Waals surface area contributed by atoms with Crippen LogP contribution in [0.5, 0.6) is 0 Å². The SMILES string of the molecule is N#Cc1ccc([N+](=O)[O-])c(N2CCN(CC3CC3)CC2)c1. The van der Waals surface area contributed by atoms with Crippen molar-refractivity contribution in [2.24, 2.45) is 5.92 Å². The summed E-state index contributed by atoms with van der Waals surface area (Å²) in [6.45, 7) is 4.59. The summed E-state index contributed by atoms with van der Waals surface area (Å²) >= 11 is 0. The van der Waals surface area contributed by atoms with Crippen molar-refractivity contribution in [3.05, 3.63) is 33.9 Å². The maximum atomic E-state index is 11.2. The lowest BCUT2D eigenvalue weighted by atomic mass is 10.1. The van der Waals surface area contributed by atoms with Crippen LogP contribution in [0.2, 0.25) is 0 Å². The average Bonchev–Trinajstić information content (AvgIpc) is 3.31. The normalized spacial score (nSPS) is 19.3. The van der Waals surface area contributed by atoms with Gasteiger partial charge in [-0.2, -0.15) is 5.26 Å². The molecule has 110 valence electrons. The Hall–Kier alpha value is -2.13. The second-order valence-corrected chi connectivity index (χ2v) is 5.80. The molecule has 0 N–H and O–H groups in total. The predicted octanol–water partition coefficient (Wildman–Crippen LogP) is 2.00. The smallest absolute Gasteiger partial charge is 0.292 e. The first-order valence-corrected chi connectivity index (χ1v) is 7.33. The van der Waals surface area contributed by atoms with E-state index in [9.17, 15) is 10.1 Å². The fourth-order valence-electron chi connectivity index (χ4n) is 2.84. The van der Waals surface area contributed by atoms with E-state index in [1.165, 1.54) is 25.0 Å². The van der Waals surface area contributed by atoms with E-state index in [2.05, 4.69) is 11.0 Å². The van der Waals surface area contributed by atoms with Crippen LogP contribution in [0, 0.1) is 27.4 Å². The standard InChI is InChI=1S/C15H18N4O2/c16-10-13-3-4-14(19(20)21)15(9-13)18-7-5-17(6-8-18)11-12-1-2-12/h3-4,9,12H,1-2,5-8,11H2. The molecule has 0 aromatic heterocycles. The van der Waals surface area contributed by atoms with Crippen LogP contribution in [0.25, 0.3) is 0 Å². The van der Waals surface area contributed by atoms with E-state index in [1.54, 1.807) is 6.07 Å². The Morgan fingerprint density at radius 3 is 2.57 bits per heavy atom. The minimum atomic E-state index is -0.368. The van der Waals surface area contributed by atoms with Gasteiger partial charge in [0, 0.05) is 38.8 Å². The van der Waals surface area contributed by atoms with Gasteiger partial charge in [0.1, 0.15) is 5.69 Å². The minimum Gasteiger partial charge on any atom is -0.363 e. The summed E-state index contributed by atoms with van der Waals surface area (Å²) in [6.07, 6.45) is 2.69. The van der Waals surface area contributed by atoms with Gasteiger partial charge in [-0.05, 0) is 30.9 Å². The summed E-state index contributed by atoms with van der Waals surface area (Å²) in [7, 11) is 0. The van der Waals surface area contributed by atoms with Gasteiger partial charge in [-0.3, -0.25) is 15.0 Å². The molecule has 2 fully saturated rings. The van der Waals surface area contributed by atoms with Gasteiger partial charge in [0.05, 0.1) is 16.6 Å². The molecule has 0 spiro atoms. The van der Waals surface area contributed by atoms with Gasteiger partial charge in [-0.25, -0.2) is 0 Å². The van der Waals surface area contributed by atoms with Crippen molar-refractivity contribution in [3.63, 3.8) is 0 Å². The van der Waals surface area contributed by atoms with Crippen LogP contribution in [-0.4, -0.2) is 42.5 Å². The second kappa shape index (κ2) is 5.70. The van der Waals surface area contributed by atoms with Crippen LogP contribution < -0.4 is 4.90 Å². The Morgan fingerprint density at radius 1 is 1.29 bits per heavy atom. The summed E-state index contributed by atoms with van der Waals surface area (Å²) in [4.78, 5) is 15.3. The van der Waals surface area contributed by atoms with Gasteiger partial charge in [0.25, 0.3) is 5.69 Å². The van der Waals surface area contributed by atoms with Gasteiger partial charge in [-0.1, -0.05) is 0 Å². The van der Waals surface area contributed by atoms with Crippen molar-refractivity contribution in [2.75, 3.05) is 37.6 Å². The van der Waals surface area contributed by atoms with Gasteiger partial charge < -0.3 is 4.90 Å². The third-order valence-corrected chi connectivity index (χ3v) is 4.23. The molecule has 0 amide bonds. The first kappa shape index (κ1) is 13.8. The number of benzene rings is 1. The zero-order chi connectivity index (χ0) is 14.8. The molecule has 1 aliphatic carbocycles. The lowest BCUT2D eigenvalue weighted by molar-refractivity contribution is -0.384. The number of nitrogens with zero attached hydrogens (tertiary/aromatic N) is 4. The Morgan fingerprint density at radius 2 is 2.00 bits per heavy atom. The molecule has 0 atom stereocenters. The van der Waals surface area contributed by atoms with E-state index in [-0.39, 0.29) is 10.6 Å². The van der Waals surface area contributed by atoms with Crippen molar-refractivity contribution >= 4 is 11.4 Å². The summed E-state index contributed by atoms with van der Waals surface area (Å²) in [5.41, 5.74) is 1.13. The average molecular weight is 286 g/mol. The minimum absolute atomic E-state index is 0.0876. The number of rotatable bonds is 4. The molecule has 1 heterocycles. The van der Waals surface area contributed by atoms with E-state index in [0.29, 0.717) is 11.3 Å². The predicted molar refractivity (Wildman–Crippen MR) is 79.2 cm³/mol. The molecule has 1 saturated carbocycles. The second-order valence-electron chi connectivity index (χ2n) is 5.80. The van der Waals surface area contributed by atoms with Gasteiger partial charge in [0.2, 0.25) is 0 Å². The molecule has 1 aromatic carbocycles. The highest BCUT2D eigenvalue weighted by atomic mass is 16.6. The highest BCUT2D eigenvalue weighted by Crippen LogP contribution is 2.32. The Labute approximate surface area is 123 Å². The number of hydrogen-bond acceptors (Lipinski definition) is 5. The largest absolute Gasteiger partial charge is 0.363 e. The lowest BCUT2D eigenvalue weighted by Gasteiger charge is -2.35. The van der Waals surface area contributed by atoms with Gasteiger partial charge >= 0.3 is 0 Å². The molecule has 1 aliphatic heterocycles. The molecule has 0 unspecified atom stereocenters. The van der Waals surface area contributed by atoms with Crippen LogP contribution in [-0.2, 0) is 0 Å². The molecule has 6 nitrogen and oxygen atoms in total. The molecule has 1 saturated heterocycles. The van der Waals surface area contributed by atoms with Gasteiger partial charge in [-0.15, -0.1) is 0 Å². The number of piperazine rings is 1. The van der Waals surface area contributed by atoms with Gasteiger partial charge in [0.15, 0.2) is 0 Å². The van der Waals surface area contributed by atoms with Crippen LogP contribution in [0.1, 0.15) is 18.4 Å². The number of nitro groups is 1. The molecule has 3 rings (SSSR count). The number of nitro benzene ring substituents is 1. The number of anilines is 1. The molecule has 2 aliphatic rings. The molecule has 21 heavy (non-hydrogen) atoms. The van der Waals surface area contributed by atoms with Crippen molar-refractivity contribution in [1.82, 2.24) is 4.90 Å². The Bertz CT molecular complexity index is 584. The first-order chi connectivity index (χ1) is 10.2. The van der Waals surface area contributed by atoms with Crippen LogP contribution in [0.4, 0.5) is 11.4 Å². The van der Waals surface area contributed by atoms with E-state index in [1.807, 2.05) is 4.90 Å². The molecule has 0 radical (unpaired) electrons. The Kier molecular flexibility index (Phi) is 3.76. The fourth-order valence-corrected chi connectivity index (χ4v) is 2.84. The van der Waals surface area contributed by atoms with E-state index >= 15 is 0 Å². The number of hydrogen-bond donors (Lipinski definition) is 0. The maximum absolute atomic E-state index is 11.2. The first-order valence-electron chi connectivity index (χ1n) is 7.33. The molecular formula is C15H18N4O2. The monoisotopic (exact) mass is 286 g/mol. The molecule has 1 aromatic rings. The van der Waals surface area contributed by atoms with E-state index in [4.69, 9.17) is 5.26 Å². The zero-order valence-corrected chi connectivity index (χ0v) is 11.9. The Balaban J connectivity index is 1.74. The van der Waals surface area contributed by atoms with Crippen LogP contribution in [0.3, 0.4) is 0 Å². The topological polar surface area (TPSA) is 73.4 Å². The number of nitriles is 1. The fraction of sp³-hybridized carbons (Fsp3) is 0.533. The third kappa shape index (κ3) is 3.14. The summed E-state index contributed by atoms with van der Waals surface area (Å²) < 4.78 is 0. The third-order valence-electron chi connectivity index (χ3n) is 4.23. The maximum Gasteiger partial charge on any atom is 0.292 e. The van der Waals surface area contributed by atoms with E-state index in [0.717, 1.165) is 38.6 Å². The summed E-state index contributed by atoms with van der Waals surface area (Å²) in [6, 6.07) is 6.63. The summed E-state index contributed by atoms with van der Waals surface area (Å²) in [5, 5.41) is 20.2.